The fraction of sp³-hybridized carbons (Fsp3) is 0.714. The highest BCUT2D eigenvalue weighted by atomic mass is 32.2. The summed E-state index contributed by atoms with van der Waals surface area (Å²) in [6.45, 7) is 6.54. The minimum atomic E-state index is -3.56. The molecule has 0 aliphatic heterocycles. The van der Waals surface area contributed by atoms with E-state index in [-0.39, 0.29) is 17.0 Å². The van der Waals surface area contributed by atoms with Crippen LogP contribution in [-0.4, -0.2) is 34.2 Å². The molecule has 0 radical (unpaired) electrons. The molecule has 0 unspecified atom stereocenters. The van der Waals surface area contributed by atoms with Crippen molar-refractivity contribution in [1.82, 2.24) is 10.0 Å². The van der Waals surface area contributed by atoms with Crippen LogP contribution in [-0.2, 0) is 21.3 Å². The lowest BCUT2D eigenvalue weighted by atomic mass is 9.90. The molecule has 0 bridgehead atoms. The molecule has 1 aliphatic carbocycles. The van der Waals surface area contributed by atoms with E-state index in [2.05, 4.69) is 10.0 Å². The van der Waals surface area contributed by atoms with Crippen LogP contribution in [0.4, 0.5) is 0 Å². The smallest absolute Gasteiger partial charge is 0.244 e. The van der Waals surface area contributed by atoms with Gasteiger partial charge in [0.05, 0.1) is 6.10 Å². The van der Waals surface area contributed by atoms with Gasteiger partial charge in [-0.15, -0.1) is 0 Å². The molecular formula is C14H24N2O4S. The van der Waals surface area contributed by atoms with Crippen LogP contribution < -0.4 is 10.0 Å². The summed E-state index contributed by atoms with van der Waals surface area (Å²) in [5, 5.41) is 2.98. The second-order valence-electron chi connectivity index (χ2n) is 5.42. The second-order valence-corrected chi connectivity index (χ2v) is 7.07. The van der Waals surface area contributed by atoms with Crippen LogP contribution in [0.25, 0.3) is 0 Å². The van der Waals surface area contributed by atoms with Crippen molar-refractivity contribution in [3.63, 3.8) is 0 Å². The molecule has 120 valence electrons. The summed E-state index contributed by atoms with van der Waals surface area (Å²) in [4.78, 5) is 0.272. The Morgan fingerprint density at radius 1 is 1.29 bits per heavy atom. The molecule has 2 N–H and O–H groups in total. The van der Waals surface area contributed by atoms with E-state index in [0.29, 0.717) is 30.2 Å². The lowest BCUT2D eigenvalue weighted by molar-refractivity contribution is -0.00476. The van der Waals surface area contributed by atoms with Crippen molar-refractivity contribution in [2.45, 2.75) is 57.2 Å². The normalized spacial score (nSPS) is 22.3. The molecule has 1 aromatic rings. The van der Waals surface area contributed by atoms with Gasteiger partial charge in [-0.25, -0.2) is 13.1 Å². The summed E-state index contributed by atoms with van der Waals surface area (Å²) in [7, 11) is -1.78. The number of hydrogen-bond donors (Lipinski definition) is 2. The molecule has 6 nitrogen and oxygen atoms in total. The highest BCUT2D eigenvalue weighted by Gasteiger charge is 2.35. The molecule has 0 atom stereocenters. The van der Waals surface area contributed by atoms with Crippen molar-refractivity contribution in [2.75, 3.05) is 13.7 Å². The summed E-state index contributed by atoms with van der Waals surface area (Å²) in [6.07, 6.45) is 1.63. The molecule has 0 spiro atoms. The third-order valence-corrected chi connectivity index (χ3v) is 5.48. The molecular weight excluding hydrogens is 292 g/mol. The van der Waals surface area contributed by atoms with E-state index in [4.69, 9.17) is 9.15 Å². The van der Waals surface area contributed by atoms with Gasteiger partial charge in [0, 0.05) is 24.8 Å². The average Bonchev–Trinajstić information content (AvgIpc) is 2.62. The molecule has 1 aliphatic rings. The highest BCUT2D eigenvalue weighted by Crippen LogP contribution is 2.29. The standard InChI is InChI=1S/C14H24N2O4S/c1-5-19-12-6-11(7-12)16-21(17,18)14-10(3)20-9(2)13(14)8-15-4/h11-12,15-16H,5-8H2,1-4H3. The largest absolute Gasteiger partial charge is 0.465 e. The predicted octanol–water partition coefficient (Wildman–Crippen LogP) is 1.46. The molecule has 1 heterocycles. The summed E-state index contributed by atoms with van der Waals surface area (Å²) in [5.74, 6) is 1.08. The van der Waals surface area contributed by atoms with Crippen molar-refractivity contribution in [2.24, 2.45) is 0 Å². The summed E-state index contributed by atoms with van der Waals surface area (Å²) in [6, 6.07) is -0.0522. The minimum absolute atomic E-state index is 0.0522. The third-order valence-electron chi connectivity index (χ3n) is 3.77. The Labute approximate surface area is 126 Å². The first-order chi connectivity index (χ1) is 9.89. The van der Waals surface area contributed by atoms with Gasteiger partial charge in [-0.1, -0.05) is 0 Å². The molecule has 7 heteroatoms. The lowest BCUT2D eigenvalue weighted by Crippen LogP contribution is -2.47. The van der Waals surface area contributed by atoms with Crippen LogP contribution in [0.5, 0.6) is 0 Å². The maximum absolute atomic E-state index is 12.6. The number of furan rings is 1. The van der Waals surface area contributed by atoms with Crippen LogP contribution in [0.1, 0.15) is 36.8 Å². The molecule has 0 aromatic carbocycles. The lowest BCUT2D eigenvalue weighted by Gasteiger charge is -2.35. The third kappa shape index (κ3) is 3.48. The first kappa shape index (κ1) is 16.5. The fourth-order valence-electron chi connectivity index (χ4n) is 2.75. The van der Waals surface area contributed by atoms with E-state index in [9.17, 15) is 8.42 Å². The molecule has 1 saturated carbocycles. The van der Waals surface area contributed by atoms with Crippen molar-refractivity contribution >= 4 is 10.0 Å². The van der Waals surface area contributed by atoms with Gasteiger partial charge in [-0.2, -0.15) is 0 Å². The summed E-state index contributed by atoms with van der Waals surface area (Å²) in [5.41, 5.74) is 0.697. The number of nitrogens with one attached hydrogen (secondary N) is 2. The van der Waals surface area contributed by atoms with Gasteiger partial charge in [0.2, 0.25) is 10.0 Å². The minimum Gasteiger partial charge on any atom is -0.465 e. The molecule has 1 aromatic heterocycles. The summed E-state index contributed by atoms with van der Waals surface area (Å²) >= 11 is 0. The fourth-order valence-corrected chi connectivity index (χ4v) is 4.46. The topological polar surface area (TPSA) is 80.6 Å². The molecule has 0 saturated heterocycles. The quantitative estimate of drug-likeness (QED) is 0.796. The first-order valence-electron chi connectivity index (χ1n) is 7.26. The number of sulfonamides is 1. The molecule has 2 rings (SSSR count). The van der Waals surface area contributed by atoms with Gasteiger partial charge in [0.15, 0.2) is 0 Å². The van der Waals surface area contributed by atoms with Crippen molar-refractivity contribution < 1.29 is 17.6 Å². The number of aryl methyl sites for hydroxylation is 2. The molecule has 1 fully saturated rings. The Balaban J connectivity index is 2.13. The van der Waals surface area contributed by atoms with Crippen LogP contribution in [0.15, 0.2) is 9.31 Å². The average molecular weight is 316 g/mol. The Hall–Kier alpha value is -0.890. The van der Waals surface area contributed by atoms with E-state index in [1.54, 1.807) is 20.9 Å². The number of hydrogen-bond acceptors (Lipinski definition) is 5. The zero-order chi connectivity index (χ0) is 15.6. The van der Waals surface area contributed by atoms with Crippen LogP contribution in [0.2, 0.25) is 0 Å². The zero-order valence-corrected chi connectivity index (χ0v) is 13.8. The van der Waals surface area contributed by atoms with Gasteiger partial charge in [0.1, 0.15) is 16.4 Å². The van der Waals surface area contributed by atoms with Crippen LogP contribution >= 0.6 is 0 Å². The van der Waals surface area contributed by atoms with Crippen LogP contribution in [0, 0.1) is 13.8 Å². The second kappa shape index (κ2) is 6.48. The van der Waals surface area contributed by atoms with Gasteiger partial charge >= 0.3 is 0 Å². The number of ether oxygens (including phenoxy) is 1. The van der Waals surface area contributed by atoms with Crippen molar-refractivity contribution in [1.29, 1.82) is 0 Å². The summed E-state index contributed by atoms with van der Waals surface area (Å²) < 4.78 is 38.9. The zero-order valence-electron chi connectivity index (χ0n) is 13.0. The van der Waals surface area contributed by atoms with E-state index in [1.165, 1.54) is 0 Å². The van der Waals surface area contributed by atoms with Gasteiger partial charge in [0.25, 0.3) is 0 Å². The SMILES string of the molecule is CCOC1CC(NS(=O)(=O)c2c(C)oc(C)c2CNC)C1. The van der Waals surface area contributed by atoms with E-state index in [0.717, 1.165) is 12.8 Å². The maximum atomic E-state index is 12.6. The van der Waals surface area contributed by atoms with Crippen molar-refractivity contribution in [3.05, 3.63) is 17.1 Å². The van der Waals surface area contributed by atoms with E-state index < -0.39 is 10.0 Å². The monoisotopic (exact) mass is 316 g/mol. The first-order valence-corrected chi connectivity index (χ1v) is 8.74. The van der Waals surface area contributed by atoms with Crippen LogP contribution in [0.3, 0.4) is 0 Å². The Morgan fingerprint density at radius 2 is 1.95 bits per heavy atom. The van der Waals surface area contributed by atoms with Gasteiger partial charge in [-0.3, -0.25) is 0 Å². The highest BCUT2D eigenvalue weighted by molar-refractivity contribution is 7.89. The maximum Gasteiger partial charge on any atom is 0.244 e. The molecule has 0 amide bonds. The molecule has 21 heavy (non-hydrogen) atoms. The predicted molar refractivity (Wildman–Crippen MR) is 79.7 cm³/mol. The Morgan fingerprint density at radius 3 is 2.52 bits per heavy atom. The van der Waals surface area contributed by atoms with E-state index in [1.807, 2.05) is 6.92 Å². The number of rotatable bonds is 7. The Kier molecular flexibility index (Phi) is 5.08. The van der Waals surface area contributed by atoms with Gasteiger partial charge in [-0.05, 0) is 40.7 Å². The van der Waals surface area contributed by atoms with Crippen molar-refractivity contribution in [3.8, 4) is 0 Å². The van der Waals surface area contributed by atoms with Gasteiger partial charge < -0.3 is 14.5 Å². The Bertz CT molecular complexity index is 588. The van der Waals surface area contributed by atoms with E-state index >= 15 is 0 Å².